The SMILES string of the molecule is CC(C)[C@@H]1CC[C@@H](C)C[C@H]1OC(=O)O[C@H]1CN[C@H](C(=O)O)C1. The molecule has 126 valence electrons. The van der Waals surface area contributed by atoms with Gasteiger partial charge in [0.2, 0.25) is 0 Å². The third-order valence-corrected chi connectivity index (χ3v) is 4.86. The van der Waals surface area contributed by atoms with E-state index < -0.39 is 24.3 Å². The highest BCUT2D eigenvalue weighted by molar-refractivity contribution is 5.74. The normalized spacial score (nSPS) is 35.4. The van der Waals surface area contributed by atoms with Gasteiger partial charge in [0.15, 0.2) is 0 Å². The first kappa shape index (κ1) is 17.1. The zero-order valence-electron chi connectivity index (χ0n) is 13.6. The second-order valence-electron chi connectivity index (χ2n) is 7.01. The fourth-order valence-electron chi connectivity index (χ4n) is 3.52. The molecule has 0 aromatic carbocycles. The molecule has 0 aromatic rings. The fraction of sp³-hybridized carbons (Fsp3) is 0.875. The van der Waals surface area contributed by atoms with Crippen LogP contribution in [0, 0.1) is 17.8 Å². The molecule has 2 fully saturated rings. The number of rotatable bonds is 4. The van der Waals surface area contributed by atoms with Crippen molar-refractivity contribution in [3.8, 4) is 0 Å². The lowest BCUT2D eigenvalue weighted by atomic mass is 9.75. The van der Waals surface area contributed by atoms with Gasteiger partial charge in [0.1, 0.15) is 18.2 Å². The van der Waals surface area contributed by atoms with Crippen molar-refractivity contribution in [1.82, 2.24) is 5.32 Å². The van der Waals surface area contributed by atoms with Gasteiger partial charge in [-0.3, -0.25) is 4.79 Å². The summed E-state index contributed by atoms with van der Waals surface area (Å²) in [6, 6.07) is -0.643. The molecule has 6 nitrogen and oxygen atoms in total. The molecule has 0 amide bonds. The number of hydrogen-bond acceptors (Lipinski definition) is 5. The Morgan fingerprint density at radius 2 is 1.91 bits per heavy atom. The fourth-order valence-corrected chi connectivity index (χ4v) is 3.52. The van der Waals surface area contributed by atoms with Gasteiger partial charge in [0.05, 0.1) is 0 Å². The highest BCUT2D eigenvalue weighted by Crippen LogP contribution is 2.35. The number of carboxylic acids is 1. The van der Waals surface area contributed by atoms with Crippen LogP contribution in [0.1, 0.15) is 46.5 Å². The minimum atomic E-state index is -0.916. The van der Waals surface area contributed by atoms with E-state index in [0.29, 0.717) is 30.7 Å². The minimum absolute atomic E-state index is 0.0964. The zero-order chi connectivity index (χ0) is 16.3. The molecule has 0 spiro atoms. The summed E-state index contributed by atoms with van der Waals surface area (Å²) >= 11 is 0. The van der Waals surface area contributed by atoms with Crippen molar-refractivity contribution >= 4 is 12.1 Å². The molecule has 5 atom stereocenters. The Labute approximate surface area is 131 Å². The standard InChI is InChI=1S/C16H27NO5/c1-9(2)12-5-4-10(3)6-14(12)22-16(20)21-11-7-13(15(18)19)17-8-11/h9-14,17H,4-8H2,1-3H3,(H,18,19)/t10-,11-,12+,13+,14-/m1/s1. The van der Waals surface area contributed by atoms with E-state index in [4.69, 9.17) is 14.6 Å². The minimum Gasteiger partial charge on any atom is -0.480 e. The van der Waals surface area contributed by atoms with Gasteiger partial charge < -0.3 is 19.9 Å². The van der Waals surface area contributed by atoms with E-state index in [1.165, 1.54) is 6.42 Å². The lowest BCUT2D eigenvalue weighted by Gasteiger charge is -2.36. The van der Waals surface area contributed by atoms with Crippen molar-refractivity contribution < 1.29 is 24.2 Å². The van der Waals surface area contributed by atoms with Gasteiger partial charge in [-0.1, -0.05) is 27.2 Å². The number of ether oxygens (including phenoxy) is 2. The molecular weight excluding hydrogens is 286 g/mol. The first-order chi connectivity index (χ1) is 10.4. The van der Waals surface area contributed by atoms with Gasteiger partial charge in [-0.2, -0.15) is 0 Å². The lowest BCUT2D eigenvalue weighted by molar-refractivity contribution is -0.139. The number of nitrogens with one attached hydrogen (secondary N) is 1. The van der Waals surface area contributed by atoms with Crippen LogP contribution in [0.3, 0.4) is 0 Å². The summed E-state index contributed by atoms with van der Waals surface area (Å²) in [4.78, 5) is 22.9. The van der Waals surface area contributed by atoms with Crippen LogP contribution in [0.5, 0.6) is 0 Å². The van der Waals surface area contributed by atoms with Crippen LogP contribution in [0.25, 0.3) is 0 Å². The van der Waals surface area contributed by atoms with Crippen LogP contribution >= 0.6 is 0 Å². The van der Waals surface area contributed by atoms with Crippen molar-refractivity contribution in [2.45, 2.75) is 64.7 Å². The molecule has 1 saturated heterocycles. The molecule has 1 aliphatic carbocycles. The van der Waals surface area contributed by atoms with Crippen molar-refractivity contribution in [2.75, 3.05) is 6.54 Å². The van der Waals surface area contributed by atoms with Crippen molar-refractivity contribution in [3.05, 3.63) is 0 Å². The van der Waals surface area contributed by atoms with E-state index in [1.54, 1.807) is 0 Å². The summed E-state index contributed by atoms with van der Waals surface area (Å²) in [5.74, 6) is 0.477. The molecule has 2 N–H and O–H groups in total. The van der Waals surface area contributed by atoms with Gasteiger partial charge in [-0.25, -0.2) is 4.79 Å². The van der Waals surface area contributed by atoms with Crippen LogP contribution < -0.4 is 5.32 Å². The number of carboxylic acid groups (broad SMARTS) is 1. The Morgan fingerprint density at radius 3 is 2.50 bits per heavy atom. The molecular formula is C16H27NO5. The third kappa shape index (κ3) is 4.35. The maximum atomic E-state index is 12.0. The molecule has 0 radical (unpaired) electrons. The van der Waals surface area contributed by atoms with Gasteiger partial charge in [0, 0.05) is 13.0 Å². The molecule has 0 aromatic heterocycles. The Morgan fingerprint density at radius 1 is 1.18 bits per heavy atom. The van der Waals surface area contributed by atoms with E-state index in [-0.39, 0.29) is 6.10 Å². The average Bonchev–Trinajstić information content (AvgIpc) is 2.86. The second kappa shape index (κ2) is 7.31. The van der Waals surface area contributed by atoms with Gasteiger partial charge >= 0.3 is 12.1 Å². The zero-order valence-corrected chi connectivity index (χ0v) is 13.6. The molecule has 22 heavy (non-hydrogen) atoms. The summed E-state index contributed by atoms with van der Waals surface area (Å²) in [5, 5.41) is 11.7. The largest absolute Gasteiger partial charge is 0.508 e. The monoisotopic (exact) mass is 313 g/mol. The summed E-state index contributed by atoms with van der Waals surface area (Å²) in [6.07, 6.45) is 2.22. The Balaban J connectivity index is 1.84. The molecule has 1 saturated carbocycles. The molecule has 6 heteroatoms. The second-order valence-corrected chi connectivity index (χ2v) is 7.01. The topological polar surface area (TPSA) is 84.9 Å². The van der Waals surface area contributed by atoms with E-state index in [9.17, 15) is 9.59 Å². The average molecular weight is 313 g/mol. The number of carbonyl (C=O) groups excluding carboxylic acids is 1. The predicted octanol–water partition coefficient (Wildman–Crippen LogP) is 2.42. The molecule has 2 rings (SSSR count). The van der Waals surface area contributed by atoms with Crippen LogP contribution in [-0.4, -0.2) is 42.0 Å². The van der Waals surface area contributed by atoms with Crippen LogP contribution in [-0.2, 0) is 14.3 Å². The molecule has 0 unspecified atom stereocenters. The van der Waals surface area contributed by atoms with Crippen molar-refractivity contribution in [2.24, 2.45) is 17.8 Å². The first-order valence-corrected chi connectivity index (χ1v) is 8.20. The Kier molecular flexibility index (Phi) is 5.67. The van der Waals surface area contributed by atoms with Gasteiger partial charge in [-0.05, 0) is 30.6 Å². The highest BCUT2D eigenvalue weighted by Gasteiger charge is 2.36. The van der Waals surface area contributed by atoms with Crippen LogP contribution in [0.2, 0.25) is 0 Å². The summed E-state index contributed by atoms with van der Waals surface area (Å²) < 4.78 is 10.8. The summed E-state index contributed by atoms with van der Waals surface area (Å²) in [7, 11) is 0. The Hall–Kier alpha value is -1.30. The maximum absolute atomic E-state index is 12.0. The van der Waals surface area contributed by atoms with Gasteiger partial charge in [0.25, 0.3) is 0 Å². The number of carbonyl (C=O) groups is 2. The molecule has 1 aliphatic heterocycles. The van der Waals surface area contributed by atoms with Gasteiger partial charge in [-0.15, -0.1) is 0 Å². The third-order valence-electron chi connectivity index (χ3n) is 4.86. The summed E-state index contributed by atoms with van der Waals surface area (Å²) in [6.45, 7) is 6.85. The van der Waals surface area contributed by atoms with E-state index in [1.807, 2.05) is 0 Å². The number of hydrogen-bond donors (Lipinski definition) is 2. The van der Waals surface area contributed by atoms with E-state index in [0.717, 1.165) is 12.8 Å². The lowest BCUT2D eigenvalue weighted by Crippen LogP contribution is -2.36. The van der Waals surface area contributed by atoms with Crippen molar-refractivity contribution in [3.63, 3.8) is 0 Å². The van der Waals surface area contributed by atoms with E-state index in [2.05, 4.69) is 26.1 Å². The predicted molar refractivity (Wildman–Crippen MR) is 80.5 cm³/mol. The van der Waals surface area contributed by atoms with Crippen LogP contribution in [0.4, 0.5) is 4.79 Å². The molecule has 1 heterocycles. The quantitative estimate of drug-likeness (QED) is 0.775. The summed E-state index contributed by atoms with van der Waals surface area (Å²) in [5.41, 5.74) is 0. The van der Waals surface area contributed by atoms with Crippen LogP contribution in [0.15, 0.2) is 0 Å². The smallest absolute Gasteiger partial charge is 0.480 e. The van der Waals surface area contributed by atoms with Crippen molar-refractivity contribution in [1.29, 1.82) is 0 Å². The first-order valence-electron chi connectivity index (χ1n) is 8.20. The van der Waals surface area contributed by atoms with E-state index >= 15 is 0 Å². The maximum Gasteiger partial charge on any atom is 0.508 e. The highest BCUT2D eigenvalue weighted by atomic mass is 16.7. The molecule has 0 bridgehead atoms. The molecule has 2 aliphatic rings. The Bertz CT molecular complexity index is 411. The number of aliphatic carboxylic acids is 1.